The van der Waals surface area contributed by atoms with Crippen LogP contribution in [0.3, 0.4) is 0 Å². The maximum Gasteiger partial charge on any atom is 0.147 e. The SMILES string of the molecule is CC(C)CSCC(=O)Cc1ccc(F)c(Cl)c1. The zero-order chi connectivity index (χ0) is 12.8. The van der Waals surface area contributed by atoms with E-state index in [2.05, 4.69) is 13.8 Å². The summed E-state index contributed by atoms with van der Waals surface area (Å²) in [5.41, 5.74) is 0.770. The topological polar surface area (TPSA) is 17.1 Å². The van der Waals surface area contributed by atoms with Crippen molar-refractivity contribution in [2.75, 3.05) is 11.5 Å². The summed E-state index contributed by atoms with van der Waals surface area (Å²) in [5, 5.41) is 0.0742. The van der Waals surface area contributed by atoms with Crippen LogP contribution in [-0.2, 0) is 11.2 Å². The Balaban J connectivity index is 2.42. The molecule has 1 aromatic carbocycles. The zero-order valence-electron chi connectivity index (χ0n) is 10.0. The first-order valence-electron chi connectivity index (χ1n) is 5.52. The van der Waals surface area contributed by atoms with E-state index in [1.54, 1.807) is 17.8 Å². The van der Waals surface area contributed by atoms with Crippen molar-refractivity contribution in [3.05, 3.63) is 34.6 Å². The normalized spacial score (nSPS) is 10.9. The zero-order valence-corrected chi connectivity index (χ0v) is 11.6. The van der Waals surface area contributed by atoms with Crippen molar-refractivity contribution in [3.8, 4) is 0 Å². The molecule has 1 aromatic rings. The Labute approximate surface area is 111 Å². The maximum atomic E-state index is 12.9. The van der Waals surface area contributed by atoms with Gasteiger partial charge in [-0.05, 0) is 29.4 Å². The predicted octanol–water partition coefficient (Wildman–Crippen LogP) is 3.98. The van der Waals surface area contributed by atoms with E-state index in [1.165, 1.54) is 12.1 Å². The number of ketones is 1. The average molecular weight is 275 g/mol. The number of Topliss-reactive ketones (excluding diaryl/α,β-unsaturated/α-hetero) is 1. The highest BCUT2D eigenvalue weighted by atomic mass is 35.5. The van der Waals surface area contributed by atoms with Gasteiger partial charge in [-0.25, -0.2) is 4.39 Å². The monoisotopic (exact) mass is 274 g/mol. The van der Waals surface area contributed by atoms with Crippen molar-refractivity contribution in [2.45, 2.75) is 20.3 Å². The smallest absolute Gasteiger partial charge is 0.147 e. The molecular weight excluding hydrogens is 259 g/mol. The van der Waals surface area contributed by atoms with E-state index < -0.39 is 5.82 Å². The van der Waals surface area contributed by atoms with Crippen LogP contribution in [-0.4, -0.2) is 17.3 Å². The van der Waals surface area contributed by atoms with Gasteiger partial charge in [-0.3, -0.25) is 4.79 Å². The molecule has 0 aliphatic carbocycles. The summed E-state index contributed by atoms with van der Waals surface area (Å²) in [5.74, 6) is 1.78. The number of carbonyl (C=O) groups is 1. The fourth-order valence-corrected chi connectivity index (χ4v) is 2.46. The minimum Gasteiger partial charge on any atom is -0.298 e. The van der Waals surface area contributed by atoms with Gasteiger partial charge in [0, 0.05) is 6.42 Å². The molecule has 0 aliphatic heterocycles. The highest BCUT2D eigenvalue weighted by Gasteiger charge is 2.07. The highest BCUT2D eigenvalue weighted by Crippen LogP contribution is 2.17. The van der Waals surface area contributed by atoms with E-state index in [9.17, 15) is 9.18 Å². The molecule has 17 heavy (non-hydrogen) atoms. The molecule has 0 radical (unpaired) electrons. The second kappa shape index (κ2) is 7.02. The molecule has 1 rings (SSSR count). The van der Waals surface area contributed by atoms with Gasteiger partial charge in [0.2, 0.25) is 0 Å². The third-order valence-corrected chi connectivity index (χ3v) is 3.82. The minimum atomic E-state index is -0.447. The standard InChI is InChI=1S/C13H16ClFOS/c1-9(2)7-17-8-11(16)5-10-3-4-13(15)12(14)6-10/h3-4,6,9H,5,7-8H2,1-2H3. The molecule has 0 atom stereocenters. The van der Waals surface area contributed by atoms with Gasteiger partial charge in [-0.1, -0.05) is 31.5 Å². The summed E-state index contributed by atoms with van der Waals surface area (Å²) in [4.78, 5) is 11.6. The van der Waals surface area contributed by atoms with E-state index in [0.717, 1.165) is 11.3 Å². The Morgan fingerprint density at radius 1 is 1.47 bits per heavy atom. The first-order chi connectivity index (χ1) is 7.99. The van der Waals surface area contributed by atoms with Crippen LogP contribution in [0.15, 0.2) is 18.2 Å². The highest BCUT2D eigenvalue weighted by molar-refractivity contribution is 7.99. The van der Waals surface area contributed by atoms with Crippen molar-refractivity contribution in [1.29, 1.82) is 0 Å². The lowest BCUT2D eigenvalue weighted by Gasteiger charge is -2.04. The first-order valence-corrected chi connectivity index (χ1v) is 7.05. The number of benzene rings is 1. The molecule has 0 saturated heterocycles. The van der Waals surface area contributed by atoms with Crippen molar-refractivity contribution < 1.29 is 9.18 Å². The van der Waals surface area contributed by atoms with E-state index in [-0.39, 0.29) is 10.8 Å². The van der Waals surface area contributed by atoms with Gasteiger partial charge < -0.3 is 0 Å². The summed E-state index contributed by atoms with van der Waals surface area (Å²) >= 11 is 7.29. The van der Waals surface area contributed by atoms with E-state index in [0.29, 0.717) is 18.1 Å². The average Bonchev–Trinajstić information content (AvgIpc) is 2.23. The summed E-state index contributed by atoms with van der Waals surface area (Å²) in [7, 11) is 0. The van der Waals surface area contributed by atoms with Crippen molar-refractivity contribution in [1.82, 2.24) is 0 Å². The Hall–Kier alpha value is -0.540. The van der Waals surface area contributed by atoms with Crippen LogP contribution < -0.4 is 0 Å². The van der Waals surface area contributed by atoms with Gasteiger partial charge in [0.15, 0.2) is 0 Å². The quantitative estimate of drug-likeness (QED) is 0.780. The summed E-state index contributed by atoms with van der Waals surface area (Å²) < 4.78 is 12.9. The second-order valence-corrected chi connectivity index (χ2v) is 5.81. The molecule has 0 spiro atoms. The molecule has 0 bridgehead atoms. The first kappa shape index (κ1) is 14.5. The molecule has 0 aromatic heterocycles. The second-order valence-electron chi connectivity index (χ2n) is 4.37. The van der Waals surface area contributed by atoms with Crippen molar-refractivity contribution in [3.63, 3.8) is 0 Å². The number of carbonyl (C=O) groups excluding carboxylic acids is 1. The number of rotatable bonds is 6. The Morgan fingerprint density at radius 3 is 2.76 bits per heavy atom. The molecule has 0 N–H and O–H groups in total. The van der Waals surface area contributed by atoms with Crippen LogP contribution in [0.4, 0.5) is 4.39 Å². The van der Waals surface area contributed by atoms with Crippen molar-refractivity contribution >= 4 is 29.1 Å². The molecule has 0 heterocycles. The van der Waals surface area contributed by atoms with Gasteiger partial charge in [-0.2, -0.15) is 11.8 Å². The summed E-state index contributed by atoms with van der Waals surface area (Å²) in [6.45, 7) is 4.24. The van der Waals surface area contributed by atoms with Gasteiger partial charge in [-0.15, -0.1) is 0 Å². The lowest BCUT2D eigenvalue weighted by Crippen LogP contribution is -2.07. The van der Waals surface area contributed by atoms with E-state index in [1.807, 2.05) is 0 Å². The molecule has 94 valence electrons. The Bertz CT molecular complexity index is 393. The number of hydrogen-bond donors (Lipinski definition) is 0. The summed E-state index contributed by atoms with van der Waals surface area (Å²) in [6.07, 6.45) is 0.324. The number of halogens is 2. The van der Waals surface area contributed by atoms with Crippen LogP contribution in [0.5, 0.6) is 0 Å². The molecule has 0 saturated carbocycles. The third-order valence-electron chi connectivity index (χ3n) is 2.10. The van der Waals surface area contributed by atoms with Gasteiger partial charge in [0.1, 0.15) is 11.6 Å². The van der Waals surface area contributed by atoms with Crippen LogP contribution in [0.1, 0.15) is 19.4 Å². The largest absolute Gasteiger partial charge is 0.298 e. The maximum absolute atomic E-state index is 12.9. The van der Waals surface area contributed by atoms with Crippen LogP contribution >= 0.6 is 23.4 Å². The van der Waals surface area contributed by atoms with Gasteiger partial charge >= 0.3 is 0 Å². The molecule has 4 heteroatoms. The number of thioether (sulfide) groups is 1. The third kappa shape index (κ3) is 5.55. The van der Waals surface area contributed by atoms with E-state index in [4.69, 9.17) is 11.6 Å². The molecule has 0 amide bonds. The molecule has 0 unspecified atom stereocenters. The van der Waals surface area contributed by atoms with Crippen LogP contribution in [0.25, 0.3) is 0 Å². The minimum absolute atomic E-state index is 0.0742. The lowest BCUT2D eigenvalue weighted by molar-refractivity contribution is -0.116. The van der Waals surface area contributed by atoms with Crippen LogP contribution in [0.2, 0.25) is 5.02 Å². The van der Waals surface area contributed by atoms with Crippen molar-refractivity contribution in [2.24, 2.45) is 5.92 Å². The summed E-state index contributed by atoms with van der Waals surface area (Å²) in [6, 6.07) is 4.42. The lowest BCUT2D eigenvalue weighted by atomic mass is 10.1. The van der Waals surface area contributed by atoms with Crippen LogP contribution in [0, 0.1) is 11.7 Å². The molecular formula is C13H16ClFOS. The Kier molecular flexibility index (Phi) is 6.00. The fraction of sp³-hybridized carbons (Fsp3) is 0.462. The molecule has 1 nitrogen and oxygen atoms in total. The predicted molar refractivity (Wildman–Crippen MR) is 72.3 cm³/mol. The number of hydrogen-bond acceptors (Lipinski definition) is 2. The Morgan fingerprint density at radius 2 is 2.18 bits per heavy atom. The van der Waals surface area contributed by atoms with Gasteiger partial charge in [0.05, 0.1) is 10.8 Å². The molecule has 0 fully saturated rings. The molecule has 0 aliphatic rings. The van der Waals surface area contributed by atoms with Gasteiger partial charge in [0.25, 0.3) is 0 Å². The fourth-order valence-electron chi connectivity index (χ4n) is 1.34. The van der Waals surface area contributed by atoms with E-state index >= 15 is 0 Å².